The van der Waals surface area contributed by atoms with E-state index in [-0.39, 0.29) is 11.3 Å². The number of hydrogen-bond acceptors (Lipinski definition) is 4. The highest BCUT2D eigenvalue weighted by molar-refractivity contribution is 7.88. The first-order chi connectivity index (χ1) is 9.76. The van der Waals surface area contributed by atoms with Gasteiger partial charge in [0, 0.05) is 31.7 Å². The molecule has 0 saturated carbocycles. The average Bonchev–Trinajstić information content (AvgIpc) is 2.42. The van der Waals surface area contributed by atoms with Crippen molar-refractivity contribution in [3.8, 4) is 0 Å². The monoisotopic (exact) mass is 311 g/mol. The van der Waals surface area contributed by atoms with Crippen LogP contribution >= 0.6 is 0 Å². The van der Waals surface area contributed by atoms with Crippen molar-refractivity contribution in [1.29, 1.82) is 0 Å². The molecule has 1 aliphatic heterocycles. The molecule has 5 nitrogen and oxygen atoms in total. The van der Waals surface area contributed by atoms with Gasteiger partial charge in [-0.15, -0.1) is 0 Å². The summed E-state index contributed by atoms with van der Waals surface area (Å²) in [6.07, 6.45) is 0. The Balaban J connectivity index is 2.19. The lowest BCUT2D eigenvalue weighted by Gasteiger charge is -2.44. The molecule has 0 spiro atoms. The van der Waals surface area contributed by atoms with Gasteiger partial charge in [-0.3, -0.25) is 4.90 Å². The molecule has 118 valence electrons. The van der Waals surface area contributed by atoms with Gasteiger partial charge in [-0.05, 0) is 32.0 Å². The first-order valence-corrected chi connectivity index (χ1v) is 8.83. The Morgan fingerprint density at radius 2 is 1.81 bits per heavy atom. The number of rotatable bonds is 4. The molecule has 0 aliphatic carbocycles. The number of benzene rings is 1. The Kier molecular flexibility index (Phi) is 4.72. The van der Waals surface area contributed by atoms with Gasteiger partial charge < -0.3 is 5.73 Å². The molecule has 21 heavy (non-hydrogen) atoms. The minimum absolute atomic E-state index is 0.0279. The SMILES string of the molecule is CN1CCN(S(=O)(=O)Cc2ccccc2CN)CC1(C)C. The van der Waals surface area contributed by atoms with E-state index in [1.54, 1.807) is 4.31 Å². The summed E-state index contributed by atoms with van der Waals surface area (Å²) >= 11 is 0. The van der Waals surface area contributed by atoms with Gasteiger partial charge in [0.25, 0.3) is 0 Å². The molecule has 1 aromatic rings. The van der Waals surface area contributed by atoms with Crippen molar-refractivity contribution < 1.29 is 8.42 Å². The molecule has 1 heterocycles. The van der Waals surface area contributed by atoms with E-state index in [1.807, 2.05) is 31.3 Å². The Bertz CT molecular complexity index is 599. The summed E-state index contributed by atoms with van der Waals surface area (Å²) in [4.78, 5) is 2.20. The summed E-state index contributed by atoms with van der Waals surface area (Å²) in [5, 5.41) is 0. The highest BCUT2D eigenvalue weighted by Crippen LogP contribution is 2.23. The van der Waals surface area contributed by atoms with Crippen LogP contribution in [-0.4, -0.2) is 49.8 Å². The van der Waals surface area contributed by atoms with Gasteiger partial charge in [0.2, 0.25) is 10.0 Å². The number of hydrogen-bond donors (Lipinski definition) is 1. The van der Waals surface area contributed by atoms with Crippen LogP contribution < -0.4 is 5.73 Å². The molecular formula is C15H25N3O2S. The van der Waals surface area contributed by atoms with E-state index in [1.165, 1.54) is 0 Å². The van der Waals surface area contributed by atoms with Crippen LogP contribution in [0.4, 0.5) is 0 Å². The summed E-state index contributed by atoms with van der Waals surface area (Å²) in [6, 6.07) is 7.48. The largest absolute Gasteiger partial charge is 0.326 e. The fourth-order valence-corrected chi connectivity index (χ4v) is 4.35. The minimum atomic E-state index is -3.31. The van der Waals surface area contributed by atoms with Crippen molar-refractivity contribution in [1.82, 2.24) is 9.21 Å². The molecule has 1 saturated heterocycles. The van der Waals surface area contributed by atoms with E-state index in [0.29, 0.717) is 19.6 Å². The lowest BCUT2D eigenvalue weighted by atomic mass is 10.0. The highest BCUT2D eigenvalue weighted by atomic mass is 32.2. The third-order valence-corrected chi connectivity index (χ3v) is 6.13. The predicted molar refractivity (Wildman–Crippen MR) is 85.2 cm³/mol. The van der Waals surface area contributed by atoms with Crippen LogP contribution in [0.2, 0.25) is 0 Å². The quantitative estimate of drug-likeness (QED) is 0.901. The summed E-state index contributed by atoms with van der Waals surface area (Å²) in [6.45, 7) is 6.33. The van der Waals surface area contributed by atoms with Gasteiger partial charge in [0.05, 0.1) is 5.75 Å². The zero-order valence-electron chi connectivity index (χ0n) is 13.0. The summed E-state index contributed by atoms with van der Waals surface area (Å²) in [5.74, 6) is 0.0279. The number of nitrogens with two attached hydrogens (primary N) is 1. The van der Waals surface area contributed by atoms with E-state index in [2.05, 4.69) is 18.7 Å². The molecule has 0 atom stereocenters. The maximum Gasteiger partial charge on any atom is 0.218 e. The number of sulfonamides is 1. The molecule has 0 amide bonds. The zero-order chi connectivity index (χ0) is 15.7. The van der Waals surface area contributed by atoms with Crippen molar-refractivity contribution in [2.75, 3.05) is 26.7 Å². The second-order valence-electron chi connectivity index (χ2n) is 6.30. The van der Waals surface area contributed by atoms with Crippen LogP contribution in [0.15, 0.2) is 24.3 Å². The van der Waals surface area contributed by atoms with Crippen molar-refractivity contribution in [2.24, 2.45) is 5.73 Å². The van der Waals surface area contributed by atoms with Crippen LogP contribution in [0.1, 0.15) is 25.0 Å². The minimum Gasteiger partial charge on any atom is -0.326 e. The second kappa shape index (κ2) is 6.04. The number of likely N-dealkylation sites (N-methyl/N-ethyl adjacent to an activating group) is 1. The van der Waals surface area contributed by atoms with Gasteiger partial charge >= 0.3 is 0 Å². The second-order valence-corrected chi connectivity index (χ2v) is 8.27. The third-order valence-electron chi connectivity index (χ3n) is 4.35. The molecule has 0 bridgehead atoms. The topological polar surface area (TPSA) is 66.6 Å². The van der Waals surface area contributed by atoms with Crippen molar-refractivity contribution in [3.05, 3.63) is 35.4 Å². The number of piperazine rings is 1. The molecule has 1 aromatic carbocycles. The Morgan fingerprint density at radius 1 is 1.19 bits per heavy atom. The summed E-state index contributed by atoms with van der Waals surface area (Å²) < 4.78 is 27.0. The molecule has 0 unspecified atom stereocenters. The first-order valence-electron chi connectivity index (χ1n) is 7.22. The predicted octanol–water partition coefficient (Wildman–Crippen LogP) is 1.00. The Morgan fingerprint density at radius 3 is 2.38 bits per heavy atom. The highest BCUT2D eigenvalue weighted by Gasteiger charge is 2.36. The van der Waals surface area contributed by atoms with Crippen LogP contribution in [0.25, 0.3) is 0 Å². The van der Waals surface area contributed by atoms with Crippen LogP contribution in [0.3, 0.4) is 0 Å². The smallest absolute Gasteiger partial charge is 0.218 e. The Hall–Kier alpha value is -0.950. The van der Waals surface area contributed by atoms with Crippen LogP contribution in [-0.2, 0) is 22.3 Å². The molecule has 2 rings (SSSR count). The summed E-state index contributed by atoms with van der Waals surface area (Å²) in [5.41, 5.74) is 7.25. The van der Waals surface area contributed by atoms with Gasteiger partial charge in [0.1, 0.15) is 0 Å². The lowest BCUT2D eigenvalue weighted by molar-refractivity contribution is 0.0801. The molecule has 0 radical (unpaired) electrons. The maximum atomic E-state index is 12.7. The average molecular weight is 311 g/mol. The first kappa shape index (κ1) is 16.4. The van der Waals surface area contributed by atoms with Crippen LogP contribution in [0.5, 0.6) is 0 Å². The third kappa shape index (κ3) is 3.63. The molecule has 2 N–H and O–H groups in total. The van der Waals surface area contributed by atoms with Gasteiger partial charge in [0.15, 0.2) is 0 Å². The van der Waals surface area contributed by atoms with Crippen molar-refractivity contribution in [2.45, 2.75) is 31.7 Å². The zero-order valence-corrected chi connectivity index (χ0v) is 13.9. The Labute approximate surface area is 127 Å². The molecular weight excluding hydrogens is 286 g/mol. The van der Waals surface area contributed by atoms with E-state index in [9.17, 15) is 8.42 Å². The van der Waals surface area contributed by atoms with Gasteiger partial charge in [-0.2, -0.15) is 4.31 Å². The van der Waals surface area contributed by atoms with E-state index < -0.39 is 10.0 Å². The summed E-state index contributed by atoms with van der Waals surface area (Å²) in [7, 11) is -1.28. The van der Waals surface area contributed by atoms with Crippen molar-refractivity contribution in [3.63, 3.8) is 0 Å². The standard InChI is InChI=1S/C15H25N3O2S/c1-15(2)12-18(9-8-17(15)3)21(19,20)11-14-7-5-4-6-13(14)10-16/h4-7H,8-12,16H2,1-3H3. The fraction of sp³-hybridized carbons (Fsp3) is 0.600. The normalized spacial score (nSPS) is 20.6. The molecule has 6 heteroatoms. The maximum absolute atomic E-state index is 12.7. The molecule has 1 fully saturated rings. The fourth-order valence-electron chi connectivity index (χ4n) is 2.62. The number of nitrogens with zero attached hydrogens (tertiary/aromatic N) is 2. The van der Waals surface area contributed by atoms with E-state index >= 15 is 0 Å². The van der Waals surface area contributed by atoms with E-state index in [0.717, 1.165) is 17.7 Å². The molecule has 1 aliphatic rings. The lowest BCUT2D eigenvalue weighted by Crippen LogP contribution is -2.58. The van der Waals surface area contributed by atoms with Crippen LogP contribution in [0, 0.1) is 0 Å². The van der Waals surface area contributed by atoms with Gasteiger partial charge in [-0.1, -0.05) is 24.3 Å². The van der Waals surface area contributed by atoms with Crippen molar-refractivity contribution >= 4 is 10.0 Å². The van der Waals surface area contributed by atoms with E-state index in [4.69, 9.17) is 5.73 Å². The van der Waals surface area contributed by atoms with Gasteiger partial charge in [-0.25, -0.2) is 8.42 Å². The molecule has 0 aromatic heterocycles.